The Morgan fingerprint density at radius 2 is 0.396 bits per heavy atom. The number of carbonyl (C=O) groups is 4. The Morgan fingerprint density at radius 1 is 0.238 bits per heavy atom. The summed E-state index contributed by atoms with van der Waals surface area (Å²) in [6, 6.07) is 0. The largest absolute Gasteiger partial charge is 0.472 e. The molecule has 0 saturated carbocycles. The minimum Gasteiger partial charge on any atom is -0.462 e. The molecule has 0 spiro atoms. The minimum atomic E-state index is -4.96. The minimum absolute atomic E-state index is 0.106. The topological polar surface area (TPSA) is 237 Å². The van der Waals surface area contributed by atoms with E-state index in [1.54, 1.807) is 0 Å². The summed E-state index contributed by atoms with van der Waals surface area (Å²) >= 11 is 0. The Morgan fingerprint density at radius 3 is 0.584 bits per heavy atom. The monoisotopic (exact) mass is 1480 g/mol. The second-order valence-corrected chi connectivity index (χ2v) is 32.4. The molecule has 2 unspecified atom stereocenters. The summed E-state index contributed by atoms with van der Waals surface area (Å²) in [5.74, 6) is -2.11. The summed E-state index contributed by atoms with van der Waals surface area (Å²) in [4.78, 5) is 72.8. The molecule has 0 radical (unpaired) electrons. The molecule has 19 heteroatoms. The van der Waals surface area contributed by atoms with Crippen LogP contribution < -0.4 is 0 Å². The van der Waals surface area contributed by atoms with Crippen LogP contribution in [0.2, 0.25) is 0 Å². The highest BCUT2D eigenvalue weighted by Crippen LogP contribution is 2.45. The van der Waals surface area contributed by atoms with Crippen molar-refractivity contribution in [3.05, 3.63) is 0 Å². The summed E-state index contributed by atoms with van der Waals surface area (Å²) in [7, 11) is -9.91. The van der Waals surface area contributed by atoms with Crippen LogP contribution in [0.3, 0.4) is 0 Å². The normalized spacial score (nSPS) is 13.8. The van der Waals surface area contributed by atoms with Crippen molar-refractivity contribution >= 4 is 39.5 Å². The lowest BCUT2D eigenvalue weighted by Crippen LogP contribution is -2.30. The fraction of sp³-hybridized carbons (Fsp3) is 0.951. The number of aliphatic hydroxyl groups is 1. The van der Waals surface area contributed by atoms with Gasteiger partial charge in [0.1, 0.15) is 19.3 Å². The van der Waals surface area contributed by atoms with Crippen LogP contribution in [0.25, 0.3) is 0 Å². The van der Waals surface area contributed by atoms with Crippen molar-refractivity contribution in [3.8, 4) is 0 Å². The number of hydrogen-bond donors (Lipinski definition) is 3. The lowest BCUT2D eigenvalue weighted by Gasteiger charge is -2.21. The molecule has 0 aliphatic rings. The first kappa shape index (κ1) is 99.1. The first-order valence-corrected chi connectivity index (χ1v) is 45.8. The molecular formula is C82H160O17P2. The van der Waals surface area contributed by atoms with Gasteiger partial charge in [0, 0.05) is 25.7 Å². The van der Waals surface area contributed by atoms with E-state index in [1.807, 2.05) is 0 Å². The molecule has 0 aromatic carbocycles. The first-order chi connectivity index (χ1) is 49.2. The number of phosphoric ester groups is 2. The zero-order valence-electron chi connectivity index (χ0n) is 65.9. The van der Waals surface area contributed by atoms with Gasteiger partial charge in [0.05, 0.1) is 26.4 Å². The molecule has 0 amide bonds. The predicted molar refractivity (Wildman–Crippen MR) is 414 cm³/mol. The van der Waals surface area contributed by atoms with Gasteiger partial charge in [-0.05, 0) is 25.7 Å². The molecule has 17 nitrogen and oxygen atoms in total. The zero-order chi connectivity index (χ0) is 73.9. The van der Waals surface area contributed by atoms with E-state index in [1.165, 1.54) is 276 Å². The number of ether oxygens (including phenoxy) is 4. The maximum Gasteiger partial charge on any atom is 0.472 e. The number of esters is 4. The Hall–Kier alpha value is -1.94. The Labute approximate surface area is 619 Å². The highest BCUT2D eigenvalue weighted by atomic mass is 31.2. The number of aliphatic hydroxyl groups excluding tert-OH is 1. The first-order valence-electron chi connectivity index (χ1n) is 42.8. The van der Waals surface area contributed by atoms with Crippen LogP contribution in [-0.2, 0) is 65.4 Å². The number of carbonyl (C=O) groups excluding carboxylic acids is 4. The van der Waals surface area contributed by atoms with Gasteiger partial charge in [0.25, 0.3) is 0 Å². The summed E-state index contributed by atoms with van der Waals surface area (Å²) in [5.41, 5.74) is 0. The van der Waals surface area contributed by atoms with Crippen LogP contribution in [-0.4, -0.2) is 96.7 Å². The number of rotatable bonds is 83. The standard InChI is InChI=1S/C82H160O17P2/c1-5-9-13-17-21-25-27-29-31-33-35-37-39-41-43-45-47-49-53-57-61-65-69-82(87)99-78(73-93-80(85)67-63-59-55-52-48-46-44-42-40-38-36-34-32-30-28-26-22-18-14-10-6-2)75-97-101(90,91)95-71-76(83)70-94-100(88,89)96-74-77(98-81(86)68-64-60-56-51-24-20-16-12-8-4)72-92-79(84)66-62-58-54-50-23-19-15-11-7-3/h76-78,83H,5-75H2,1-4H3,(H,88,89)(H,90,91)/t76-,77+,78+/m0/s1. The fourth-order valence-electron chi connectivity index (χ4n) is 12.8. The number of hydrogen-bond acceptors (Lipinski definition) is 15. The van der Waals surface area contributed by atoms with Crippen molar-refractivity contribution in [1.82, 2.24) is 0 Å². The maximum atomic E-state index is 13.1. The SMILES string of the molecule is CCCCCCCCCCCCCCCCCCCCCCCCC(=O)O[C@H](COC(=O)CCCCCCCCCCCCCCCCCCCCCCC)COP(=O)(O)OC[C@@H](O)COP(=O)(O)OC[C@@H](COC(=O)CCCCCCCCCCC)OC(=O)CCCCCCCCCCC. The van der Waals surface area contributed by atoms with Crippen LogP contribution in [0.1, 0.15) is 445 Å². The van der Waals surface area contributed by atoms with Gasteiger partial charge in [-0.25, -0.2) is 9.13 Å². The molecule has 5 atom stereocenters. The van der Waals surface area contributed by atoms with Crippen molar-refractivity contribution < 1.29 is 80.2 Å². The number of unbranched alkanes of at least 4 members (excludes halogenated alkanes) is 57. The van der Waals surface area contributed by atoms with Gasteiger partial charge >= 0.3 is 39.5 Å². The second-order valence-electron chi connectivity index (χ2n) is 29.5. The summed E-state index contributed by atoms with van der Waals surface area (Å²) in [6.07, 6.45) is 69.8. The van der Waals surface area contributed by atoms with Crippen molar-refractivity contribution in [1.29, 1.82) is 0 Å². The van der Waals surface area contributed by atoms with Gasteiger partial charge in [0.2, 0.25) is 0 Å². The van der Waals surface area contributed by atoms with E-state index < -0.39 is 97.5 Å². The molecule has 0 bridgehead atoms. The molecular weight excluding hydrogens is 1320 g/mol. The lowest BCUT2D eigenvalue weighted by atomic mass is 10.0. The summed E-state index contributed by atoms with van der Waals surface area (Å²) in [5, 5.41) is 10.6. The van der Waals surface area contributed by atoms with Crippen LogP contribution in [0, 0.1) is 0 Å². The molecule has 0 heterocycles. The maximum absolute atomic E-state index is 13.1. The fourth-order valence-corrected chi connectivity index (χ4v) is 14.4. The smallest absolute Gasteiger partial charge is 0.462 e. The molecule has 600 valence electrons. The summed E-state index contributed by atoms with van der Waals surface area (Å²) < 4.78 is 68.6. The van der Waals surface area contributed by atoms with E-state index in [0.717, 1.165) is 89.9 Å². The molecule has 0 aliphatic heterocycles. The Kier molecular flexibility index (Phi) is 74.8. The molecule has 101 heavy (non-hydrogen) atoms. The number of phosphoric acid groups is 2. The second kappa shape index (κ2) is 76.3. The average molecular weight is 1480 g/mol. The van der Waals surface area contributed by atoms with Crippen molar-refractivity contribution in [2.75, 3.05) is 39.6 Å². The average Bonchev–Trinajstić information content (AvgIpc) is 1.29. The van der Waals surface area contributed by atoms with Gasteiger partial charge in [-0.2, -0.15) is 0 Å². The molecule has 3 N–H and O–H groups in total. The van der Waals surface area contributed by atoms with E-state index >= 15 is 0 Å². The third kappa shape index (κ3) is 76.1. The predicted octanol–water partition coefficient (Wildman–Crippen LogP) is 25.0. The van der Waals surface area contributed by atoms with Gasteiger partial charge in [-0.1, -0.05) is 394 Å². The van der Waals surface area contributed by atoms with Gasteiger partial charge in [-0.15, -0.1) is 0 Å². The molecule has 0 fully saturated rings. The van der Waals surface area contributed by atoms with Gasteiger partial charge in [0.15, 0.2) is 12.2 Å². The van der Waals surface area contributed by atoms with E-state index in [0.29, 0.717) is 25.7 Å². The third-order valence-electron chi connectivity index (χ3n) is 19.4. The van der Waals surface area contributed by atoms with E-state index in [9.17, 15) is 43.2 Å². The molecule has 0 aromatic rings. The zero-order valence-corrected chi connectivity index (χ0v) is 67.7. The van der Waals surface area contributed by atoms with E-state index in [-0.39, 0.29) is 25.7 Å². The Balaban J connectivity index is 5.13. The highest BCUT2D eigenvalue weighted by molar-refractivity contribution is 7.47. The van der Waals surface area contributed by atoms with Crippen LogP contribution >= 0.6 is 15.6 Å². The van der Waals surface area contributed by atoms with Crippen molar-refractivity contribution in [2.45, 2.75) is 463 Å². The van der Waals surface area contributed by atoms with Crippen molar-refractivity contribution in [2.24, 2.45) is 0 Å². The van der Waals surface area contributed by atoms with Crippen LogP contribution in [0.15, 0.2) is 0 Å². The van der Waals surface area contributed by atoms with E-state index in [2.05, 4.69) is 27.7 Å². The van der Waals surface area contributed by atoms with Gasteiger partial charge in [-0.3, -0.25) is 37.3 Å². The third-order valence-corrected chi connectivity index (χ3v) is 21.3. The summed E-state index contributed by atoms with van der Waals surface area (Å²) in [6.45, 7) is 4.98. The highest BCUT2D eigenvalue weighted by Gasteiger charge is 2.30. The van der Waals surface area contributed by atoms with Gasteiger partial charge < -0.3 is 33.8 Å². The molecule has 0 rings (SSSR count). The molecule has 0 saturated heterocycles. The van der Waals surface area contributed by atoms with Crippen molar-refractivity contribution in [3.63, 3.8) is 0 Å². The lowest BCUT2D eigenvalue weighted by molar-refractivity contribution is -0.161. The van der Waals surface area contributed by atoms with E-state index in [4.69, 9.17) is 37.0 Å². The Bertz CT molecular complexity index is 1910. The molecule has 0 aliphatic carbocycles. The van der Waals surface area contributed by atoms with Crippen LogP contribution in [0.4, 0.5) is 0 Å². The molecule has 0 aromatic heterocycles. The quantitative estimate of drug-likeness (QED) is 0.0222. The van der Waals surface area contributed by atoms with Crippen LogP contribution in [0.5, 0.6) is 0 Å².